The van der Waals surface area contributed by atoms with Crippen molar-refractivity contribution in [3.05, 3.63) is 81.6 Å². The maximum atomic E-state index is 12.5. The molecule has 27 heavy (non-hydrogen) atoms. The molecule has 1 aliphatic carbocycles. The van der Waals surface area contributed by atoms with Crippen molar-refractivity contribution < 1.29 is 14.4 Å². The molecule has 0 aliphatic heterocycles. The average molecular weight is 424 g/mol. The van der Waals surface area contributed by atoms with E-state index in [1.807, 2.05) is 18.2 Å². The minimum Gasteiger partial charge on any atom is -0.345 e. The summed E-state index contributed by atoms with van der Waals surface area (Å²) in [5.41, 5.74) is 8.25. The second kappa shape index (κ2) is 6.51. The van der Waals surface area contributed by atoms with E-state index in [0.29, 0.717) is 22.4 Å². The fourth-order valence-electron chi connectivity index (χ4n) is 3.17. The monoisotopic (exact) mass is 423 g/mol. The Morgan fingerprint density at radius 2 is 1.56 bits per heavy atom. The predicted molar refractivity (Wildman–Crippen MR) is 103 cm³/mol. The largest absolute Gasteiger partial charge is 0.345 e. The van der Waals surface area contributed by atoms with E-state index in [9.17, 15) is 14.4 Å². The maximum Gasteiger partial charge on any atom is 0.286 e. The number of rotatable bonds is 2. The molecule has 134 valence electrons. The van der Waals surface area contributed by atoms with E-state index in [1.54, 1.807) is 48.1 Å². The number of carbonyl (C=O) groups is 3. The molecule has 3 aromatic rings. The number of amides is 2. The second-order valence-electron chi connectivity index (χ2n) is 6.20. The number of carbonyl (C=O) groups excluding carboxylic acids is 3. The van der Waals surface area contributed by atoms with Gasteiger partial charge in [0.05, 0.1) is 0 Å². The van der Waals surface area contributed by atoms with Crippen LogP contribution in [0, 0.1) is 0 Å². The van der Waals surface area contributed by atoms with Crippen molar-refractivity contribution in [2.24, 2.45) is 7.05 Å². The van der Waals surface area contributed by atoms with Crippen molar-refractivity contribution >= 4 is 33.5 Å². The summed E-state index contributed by atoms with van der Waals surface area (Å²) in [6, 6.07) is 13.9. The fraction of sp³-hybridized carbons (Fsp3) is 0.0500. The van der Waals surface area contributed by atoms with Gasteiger partial charge in [0.15, 0.2) is 5.78 Å². The van der Waals surface area contributed by atoms with Crippen LogP contribution in [0.5, 0.6) is 0 Å². The Balaban J connectivity index is 1.52. The van der Waals surface area contributed by atoms with Gasteiger partial charge < -0.3 is 4.57 Å². The van der Waals surface area contributed by atoms with Gasteiger partial charge in [-0.05, 0) is 45.3 Å². The van der Waals surface area contributed by atoms with Crippen molar-refractivity contribution in [3.63, 3.8) is 0 Å². The molecule has 2 amide bonds. The van der Waals surface area contributed by atoms with Crippen LogP contribution in [0.2, 0.25) is 0 Å². The van der Waals surface area contributed by atoms with Gasteiger partial charge in [-0.2, -0.15) is 0 Å². The number of ketones is 1. The zero-order valence-electron chi connectivity index (χ0n) is 14.2. The van der Waals surface area contributed by atoms with Crippen LogP contribution in [0.4, 0.5) is 0 Å². The highest BCUT2D eigenvalue weighted by Crippen LogP contribution is 2.36. The van der Waals surface area contributed by atoms with E-state index in [1.165, 1.54) is 0 Å². The van der Waals surface area contributed by atoms with Gasteiger partial charge in [0.1, 0.15) is 5.69 Å². The van der Waals surface area contributed by atoms with Gasteiger partial charge in [0.2, 0.25) is 0 Å². The molecule has 0 saturated carbocycles. The molecule has 0 fully saturated rings. The van der Waals surface area contributed by atoms with Crippen LogP contribution in [-0.2, 0) is 7.05 Å². The smallest absolute Gasteiger partial charge is 0.286 e. The lowest BCUT2D eigenvalue weighted by atomic mass is 10.0. The van der Waals surface area contributed by atoms with Gasteiger partial charge in [-0.25, -0.2) is 0 Å². The normalized spacial score (nSPS) is 11.7. The Labute approximate surface area is 163 Å². The lowest BCUT2D eigenvalue weighted by Gasteiger charge is -2.09. The molecular formula is C20H14BrN3O3. The van der Waals surface area contributed by atoms with Crippen molar-refractivity contribution in [2.75, 3.05) is 0 Å². The minimum atomic E-state index is -0.497. The van der Waals surface area contributed by atoms with Crippen LogP contribution >= 0.6 is 15.9 Å². The third-order valence-electron chi connectivity index (χ3n) is 4.48. The SMILES string of the molecule is Cn1cc(Br)cc1C(=O)NNC(=O)c1ccc2c(c1)C(=O)c1ccccc1-2. The first-order chi connectivity index (χ1) is 13.0. The Morgan fingerprint density at radius 1 is 0.889 bits per heavy atom. The average Bonchev–Trinajstić information content (AvgIpc) is 3.16. The molecule has 2 aromatic carbocycles. The lowest BCUT2D eigenvalue weighted by Crippen LogP contribution is -2.42. The van der Waals surface area contributed by atoms with E-state index < -0.39 is 11.8 Å². The van der Waals surface area contributed by atoms with E-state index in [2.05, 4.69) is 26.8 Å². The minimum absolute atomic E-state index is 0.104. The Morgan fingerprint density at radius 3 is 2.26 bits per heavy atom. The number of nitrogens with zero attached hydrogens (tertiary/aromatic N) is 1. The van der Waals surface area contributed by atoms with Gasteiger partial charge >= 0.3 is 0 Å². The number of fused-ring (bicyclic) bond motifs is 3. The number of halogens is 1. The predicted octanol–water partition coefficient (Wildman–Crippen LogP) is 3.07. The summed E-state index contributed by atoms with van der Waals surface area (Å²) < 4.78 is 2.40. The molecular weight excluding hydrogens is 410 g/mol. The van der Waals surface area contributed by atoms with Crippen molar-refractivity contribution in [2.45, 2.75) is 0 Å². The molecule has 0 radical (unpaired) electrons. The Kier molecular flexibility index (Phi) is 4.16. The highest BCUT2D eigenvalue weighted by molar-refractivity contribution is 9.10. The summed E-state index contributed by atoms with van der Waals surface area (Å²) in [6.07, 6.45) is 1.74. The summed E-state index contributed by atoms with van der Waals surface area (Å²) in [5, 5.41) is 0. The highest BCUT2D eigenvalue weighted by atomic mass is 79.9. The molecule has 0 atom stereocenters. The summed E-state index contributed by atoms with van der Waals surface area (Å²) in [6.45, 7) is 0. The number of benzene rings is 2. The molecule has 7 heteroatoms. The first kappa shape index (κ1) is 17.2. The Hall–Kier alpha value is -3.19. The molecule has 1 aliphatic rings. The molecule has 1 heterocycles. The third-order valence-corrected chi connectivity index (χ3v) is 4.92. The number of hydrogen-bond acceptors (Lipinski definition) is 3. The Bertz CT molecular complexity index is 1120. The van der Waals surface area contributed by atoms with E-state index in [4.69, 9.17) is 0 Å². The first-order valence-electron chi connectivity index (χ1n) is 8.16. The van der Waals surface area contributed by atoms with Crippen LogP contribution in [-0.4, -0.2) is 22.2 Å². The number of hydrogen-bond donors (Lipinski definition) is 2. The molecule has 1 aromatic heterocycles. The van der Waals surface area contributed by atoms with E-state index in [-0.39, 0.29) is 5.78 Å². The number of hydrazine groups is 1. The molecule has 0 bridgehead atoms. The quantitative estimate of drug-likeness (QED) is 0.486. The third kappa shape index (κ3) is 2.96. The summed E-state index contributed by atoms with van der Waals surface area (Å²) >= 11 is 3.29. The number of nitrogens with one attached hydrogen (secondary N) is 2. The van der Waals surface area contributed by atoms with Crippen molar-refractivity contribution in [1.82, 2.24) is 15.4 Å². The van der Waals surface area contributed by atoms with Crippen molar-refractivity contribution in [3.8, 4) is 11.1 Å². The van der Waals surface area contributed by atoms with Crippen molar-refractivity contribution in [1.29, 1.82) is 0 Å². The number of aryl methyl sites for hydroxylation is 1. The molecule has 6 nitrogen and oxygen atoms in total. The zero-order valence-corrected chi connectivity index (χ0v) is 15.8. The first-order valence-corrected chi connectivity index (χ1v) is 8.95. The number of aromatic nitrogens is 1. The summed E-state index contributed by atoms with van der Waals surface area (Å²) in [5.74, 6) is -1.04. The molecule has 0 spiro atoms. The molecule has 4 rings (SSSR count). The van der Waals surface area contributed by atoms with E-state index in [0.717, 1.165) is 15.6 Å². The van der Waals surface area contributed by atoms with Crippen LogP contribution in [0.3, 0.4) is 0 Å². The second-order valence-corrected chi connectivity index (χ2v) is 7.11. The maximum absolute atomic E-state index is 12.5. The fourth-order valence-corrected chi connectivity index (χ4v) is 3.69. The molecule has 0 unspecified atom stereocenters. The van der Waals surface area contributed by atoms with Gasteiger partial charge in [0, 0.05) is 34.4 Å². The molecule has 0 saturated heterocycles. The van der Waals surface area contributed by atoms with Gasteiger partial charge in [0.25, 0.3) is 11.8 Å². The van der Waals surface area contributed by atoms with Crippen LogP contribution in [0.25, 0.3) is 11.1 Å². The lowest BCUT2D eigenvalue weighted by molar-refractivity contribution is 0.0842. The van der Waals surface area contributed by atoms with Crippen LogP contribution < -0.4 is 10.9 Å². The van der Waals surface area contributed by atoms with E-state index >= 15 is 0 Å². The summed E-state index contributed by atoms with van der Waals surface area (Å²) in [7, 11) is 1.73. The van der Waals surface area contributed by atoms with Crippen LogP contribution in [0.1, 0.15) is 36.8 Å². The van der Waals surface area contributed by atoms with Gasteiger partial charge in [-0.3, -0.25) is 25.2 Å². The molecule has 2 N–H and O–H groups in total. The topological polar surface area (TPSA) is 80.2 Å². The van der Waals surface area contributed by atoms with Gasteiger partial charge in [-0.15, -0.1) is 0 Å². The highest BCUT2D eigenvalue weighted by Gasteiger charge is 2.27. The zero-order chi connectivity index (χ0) is 19.1. The summed E-state index contributed by atoms with van der Waals surface area (Å²) in [4.78, 5) is 37.1. The standard InChI is InChI=1S/C20H14BrN3O3/c1-24-10-12(21)9-17(24)20(27)23-22-19(26)11-6-7-14-13-4-2-3-5-15(13)18(25)16(14)8-11/h2-10H,1H3,(H,22,26)(H,23,27). The van der Waals surface area contributed by atoms with Gasteiger partial charge in [-0.1, -0.05) is 30.3 Å². The van der Waals surface area contributed by atoms with Crippen LogP contribution in [0.15, 0.2) is 59.2 Å².